The van der Waals surface area contributed by atoms with Gasteiger partial charge in [-0.25, -0.2) is 4.98 Å². The van der Waals surface area contributed by atoms with Crippen LogP contribution in [0, 0.1) is 0 Å². The minimum Gasteiger partial charge on any atom is -0.433 e. The van der Waals surface area contributed by atoms with E-state index in [4.69, 9.17) is 0 Å². The molecule has 0 saturated heterocycles. The predicted octanol–water partition coefficient (Wildman–Crippen LogP) is 2.71. The van der Waals surface area contributed by atoms with Gasteiger partial charge in [-0.15, -0.1) is 11.3 Å². The summed E-state index contributed by atoms with van der Waals surface area (Å²) in [7, 11) is 0. The molecule has 2 aromatic rings. The van der Waals surface area contributed by atoms with Crippen molar-refractivity contribution in [3.05, 3.63) is 23.2 Å². The van der Waals surface area contributed by atoms with Gasteiger partial charge in [-0.3, -0.25) is 4.79 Å². The topological polar surface area (TPSA) is 39.2 Å². The van der Waals surface area contributed by atoms with Crippen molar-refractivity contribution >= 4 is 27.8 Å². The number of hydrogen-bond acceptors (Lipinski definition) is 4. The molecule has 0 aliphatic heterocycles. The van der Waals surface area contributed by atoms with Crippen LogP contribution in [0.5, 0.6) is 5.75 Å². The number of carbonyl (C=O) groups excluding carboxylic acids is 1. The Morgan fingerprint density at radius 3 is 2.93 bits per heavy atom. The van der Waals surface area contributed by atoms with Crippen LogP contribution in [0.25, 0.3) is 10.2 Å². The second-order valence-corrected chi connectivity index (χ2v) is 3.68. The number of nitrogens with zero attached hydrogens (tertiary/aromatic N) is 1. The van der Waals surface area contributed by atoms with E-state index < -0.39 is 6.61 Å². The van der Waals surface area contributed by atoms with E-state index >= 15 is 0 Å². The Hall–Kier alpha value is -1.56. The third-order valence-electron chi connectivity index (χ3n) is 1.71. The quantitative estimate of drug-likeness (QED) is 0.759. The molecule has 0 fully saturated rings. The minimum atomic E-state index is -2.88. The van der Waals surface area contributed by atoms with E-state index in [1.165, 1.54) is 6.07 Å². The van der Waals surface area contributed by atoms with Gasteiger partial charge >= 0.3 is 6.61 Å². The van der Waals surface area contributed by atoms with Crippen LogP contribution in [0.15, 0.2) is 18.2 Å². The average Bonchev–Trinajstić information content (AvgIpc) is 2.61. The Morgan fingerprint density at radius 2 is 2.27 bits per heavy atom. The molecule has 0 radical (unpaired) electrons. The van der Waals surface area contributed by atoms with Crippen LogP contribution in [0.2, 0.25) is 0 Å². The Kier molecular flexibility index (Phi) is 2.59. The molecule has 0 aliphatic rings. The zero-order valence-corrected chi connectivity index (χ0v) is 8.13. The summed E-state index contributed by atoms with van der Waals surface area (Å²) >= 11 is 1.03. The van der Waals surface area contributed by atoms with Gasteiger partial charge in [0.1, 0.15) is 5.75 Å². The van der Waals surface area contributed by atoms with E-state index in [0.717, 1.165) is 11.3 Å². The van der Waals surface area contributed by atoms with Crippen LogP contribution in [-0.2, 0) is 0 Å². The van der Waals surface area contributed by atoms with Gasteiger partial charge < -0.3 is 4.74 Å². The zero-order valence-electron chi connectivity index (χ0n) is 7.31. The highest BCUT2D eigenvalue weighted by molar-refractivity contribution is 7.20. The number of carbonyl (C=O) groups is 1. The largest absolute Gasteiger partial charge is 0.433 e. The Bertz CT molecular complexity index is 498. The summed E-state index contributed by atoms with van der Waals surface area (Å²) in [6, 6.07) is 4.60. The summed E-state index contributed by atoms with van der Waals surface area (Å²) in [5.74, 6) is 0.0492. The lowest BCUT2D eigenvalue weighted by Crippen LogP contribution is -2.01. The normalized spacial score (nSPS) is 10.9. The second-order valence-electron chi connectivity index (χ2n) is 2.65. The van der Waals surface area contributed by atoms with Gasteiger partial charge in [-0.2, -0.15) is 8.78 Å². The van der Waals surface area contributed by atoms with Crippen molar-refractivity contribution in [1.82, 2.24) is 4.98 Å². The number of ether oxygens (including phenoxy) is 1. The lowest BCUT2D eigenvalue weighted by Gasteiger charge is -2.03. The highest BCUT2D eigenvalue weighted by Crippen LogP contribution is 2.31. The van der Waals surface area contributed by atoms with Gasteiger partial charge in [0.05, 0.1) is 10.2 Å². The maximum Gasteiger partial charge on any atom is 0.387 e. The molecule has 0 aliphatic carbocycles. The lowest BCUT2D eigenvalue weighted by molar-refractivity contribution is -0.0486. The summed E-state index contributed by atoms with van der Waals surface area (Å²) in [5, 5.41) is 0.246. The van der Waals surface area contributed by atoms with E-state index in [0.29, 0.717) is 16.5 Å². The number of benzene rings is 1. The van der Waals surface area contributed by atoms with Crippen molar-refractivity contribution in [2.24, 2.45) is 0 Å². The lowest BCUT2D eigenvalue weighted by atomic mass is 10.3. The number of rotatable bonds is 3. The van der Waals surface area contributed by atoms with E-state index in [-0.39, 0.29) is 10.8 Å². The highest BCUT2D eigenvalue weighted by Gasteiger charge is 2.11. The third-order valence-corrected chi connectivity index (χ3v) is 2.72. The van der Waals surface area contributed by atoms with Crippen LogP contribution in [-0.4, -0.2) is 17.9 Å². The molecule has 0 bridgehead atoms. The minimum absolute atomic E-state index is 0.0492. The van der Waals surface area contributed by atoms with Gasteiger partial charge in [0.2, 0.25) is 0 Å². The molecule has 0 N–H and O–H groups in total. The summed E-state index contributed by atoms with van der Waals surface area (Å²) < 4.78 is 28.8. The van der Waals surface area contributed by atoms with Crippen LogP contribution < -0.4 is 4.74 Å². The maximum atomic E-state index is 12.0. The Morgan fingerprint density at radius 1 is 1.47 bits per heavy atom. The van der Waals surface area contributed by atoms with Crippen LogP contribution in [0.1, 0.15) is 9.80 Å². The number of hydrogen-bond donors (Lipinski definition) is 0. The fraction of sp³-hybridized carbons (Fsp3) is 0.111. The Labute approximate surface area is 87.3 Å². The molecular weight excluding hydrogens is 224 g/mol. The molecule has 0 amide bonds. The molecule has 1 aromatic carbocycles. The molecule has 0 saturated carbocycles. The number of fused-ring (bicyclic) bond motifs is 1. The molecule has 3 nitrogen and oxygen atoms in total. The number of alkyl halides is 2. The second kappa shape index (κ2) is 3.90. The first-order valence-electron chi connectivity index (χ1n) is 4.00. The monoisotopic (exact) mass is 229 g/mol. The molecule has 0 unspecified atom stereocenters. The van der Waals surface area contributed by atoms with Crippen molar-refractivity contribution < 1.29 is 18.3 Å². The fourth-order valence-electron chi connectivity index (χ4n) is 1.18. The first-order chi connectivity index (χ1) is 7.20. The molecule has 1 heterocycles. The van der Waals surface area contributed by atoms with Gasteiger partial charge in [0.15, 0.2) is 11.3 Å². The molecule has 0 spiro atoms. The number of thiazole rings is 1. The van der Waals surface area contributed by atoms with Crippen LogP contribution >= 0.6 is 11.3 Å². The van der Waals surface area contributed by atoms with E-state index in [9.17, 15) is 13.6 Å². The third kappa shape index (κ3) is 1.94. The van der Waals surface area contributed by atoms with Gasteiger partial charge in [0.25, 0.3) is 0 Å². The van der Waals surface area contributed by atoms with Gasteiger partial charge in [-0.1, -0.05) is 6.07 Å². The van der Waals surface area contributed by atoms with Gasteiger partial charge in [0, 0.05) is 0 Å². The van der Waals surface area contributed by atoms with Crippen LogP contribution in [0.3, 0.4) is 0 Å². The molecule has 1 aromatic heterocycles. The average molecular weight is 229 g/mol. The summed E-state index contributed by atoms with van der Waals surface area (Å²) in [6.07, 6.45) is 0.580. The summed E-state index contributed by atoms with van der Waals surface area (Å²) in [4.78, 5) is 14.4. The molecule has 2 rings (SSSR count). The molecule has 78 valence electrons. The van der Waals surface area contributed by atoms with E-state index in [1.807, 2.05) is 0 Å². The maximum absolute atomic E-state index is 12.0. The van der Waals surface area contributed by atoms with Crippen molar-refractivity contribution in [3.8, 4) is 5.75 Å². The number of halogens is 2. The van der Waals surface area contributed by atoms with E-state index in [1.54, 1.807) is 12.1 Å². The van der Waals surface area contributed by atoms with Crippen molar-refractivity contribution in [3.63, 3.8) is 0 Å². The number of aromatic nitrogens is 1. The predicted molar refractivity (Wildman–Crippen MR) is 51.6 cm³/mol. The highest BCUT2D eigenvalue weighted by atomic mass is 32.1. The zero-order chi connectivity index (χ0) is 10.8. The molecule has 15 heavy (non-hydrogen) atoms. The molecule has 6 heteroatoms. The number of aldehydes is 1. The van der Waals surface area contributed by atoms with Crippen molar-refractivity contribution in [2.45, 2.75) is 6.61 Å². The first kappa shape index (κ1) is 9.97. The summed E-state index contributed by atoms with van der Waals surface area (Å²) in [5.41, 5.74) is 0.486. The van der Waals surface area contributed by atoms with Crippen molar-refractivity contribution in [1.29, 1.82) is 0 Å². The fourth-order valence-corrected chi connectivity index (χ4v) is 2.02. The Balaban J connectivity index is 2.54. The van der Waals surface area contributed by atoms with Crippen LogP contribution in [0.4, 0.5) is 8.78 Å². The molecular formula is C9H5F2NO2S. The molecule has 0 atom stereocenters. The van der Waals surface area contributed by atoms with E-state index in [2.05, 4.69) is 9.72 Å². The standard InChI is InChI=1S/C9H5F2NO2S/c10-9(11)14-6-3-1-2-5-8(6)15-7(4-13)12-5/h1-4,9H. The SMILES string of the molecule is O=Cc1nc2cccc(OC(F)F)c2s1. The van der Waals surface area contributed by atoms with Crippen molar-refractivity contribution in [2.75, 3.05) is 0 Å². The van der Waals surface area contributed by atoms with Gasteiger partial charge in [-0.05, 0) is 12.1 Å². The smallest absolute Gasteiger partial charge is 0.387 e. The first-order valence-corrected chi connectivity index (χ1v) is 4.82. The summed E-state index contributed by atoms with van der Waals surface area (Å²) in [6.45, 7) is -2.88.